The van der Waals surface area contributed by atoms with Gasteiger partial charge in [-0.25, -0.2) is 9.78 Å². The number of halogens is 1. The van der Waals surface area contributed by atoms with Crippen molar-refractivity contribution in [1.82, 2.24) is 9.38 Å². The molecule has 0 aliphatic carbocycles. The first-order chi connectivity index (χ1) is 12.8. The Hall–Kier alpha value is -2.86. The summed E-state index contributed by atoms with van der Waals surface area (Å²) in [5.74, 6) is 0.0598. The molecule has 0 spiro atoms. The Morgan fingerprint density at radius 2 is 1.85 bits per heavy atom. The molecule has 0 atom stereocenters. The van der Waals surface area contributed by atoms with Crippen molar-refractivity contribution in [2.24, 2.45) is 0 Å². The first-order valence-corrected chi connectivity index (χ1v) is 8.76. The van der Waals surface area contributed by atoms with Gasteiger partial charge in [-0.05, 0) is 55.7 Å². The van der Waals surface area contributed by atoms with Crippen LogP contribution in [0.3, 0.4) is 0 Å². The van der Waals surface area contributed by atoms with Crippen LogP contribution < -0.4 is 10.3 Å². The number of nitrogens with zero attached hydrogens (tertiary/aromatic N) is 2. The van der Waals surface area contributed by atoms with E-state index >= 15 is 0 Å². The standard InChI is InChI=1S/C20H19ClN2O4/c1-12-5-4-6-23-17(24)9-16(22-20(12)23)10-26-18(25)11-27-19-13(2)7-15(21)8-14(19)3/h4-9H,10-11H2,1-3H3. The second kappa shape index (κ2) is 7.80. The van der Waals surface area contributed by atoms with E-state index in [0.29, 0.717) is 22.1 Å². The highest BCUT2D eigenvalue weighted by atomic mass is 35.5. The molecule has 6 nitrogen and oxygen atoms in total. The van der Waals surface area contributed by atoms with Crippen LogP contribution in [0.15, 0.2) is 41.3 Å². The molecule has 2 heterocycles. The van der Waals surface area contributed by atoms with Gasteiger partial charge in [-0.1, -0.05) is 17.7 Å². The number of rotatable bonds is 5. The van der Waals surface area contributed by atoms with Gasteiger partial charge in [0.15, 0.2) is 6.61 Å². The number of benzene rings is 1. The SMILES string of the molecule is Cc1cc(Cl)cc(C)c1OCC(=O)OCc1cc(=O)n2cccc(C)c2n1. The zero-order valence-electron chi connectivity index (χ0n) is 15.3. The lowest BCUT2D eigenvalue weighted by atomic mass is 10.1. The lowest BCUT2D eigenvalue weighted by Crippen LogP contribution is -2.19. The molecular weight excluding hydrogens is 368 g/mol. The molecule has 0 amide bonds. The maximum Gasteiger partial charge on any atom is 0.344 e. The van der Waals surface area contributed by atoms with Crippen molar-refractivity contribution in [3.63, 3.8) is 0 Å². The van der Waals surface area contributed by atoms with Crippen LogP contribution in [-0.2, 0) is 16.1 Å². The summed E-state index contributed by atoms with van der Waals surface area (Å²) >= 11 is 5.99. The van der Waals surface area contributed by atoms with Crippen LogP contribution in [0.1, 0.15) is 22.4 Å². The highest BCUT2D eigenvalue weighted by Crippen LogP contribution is 2.27. The highest BCUT2D eigenvalue weighted by molar-refractivity contribution is 6.30. The quantitative estimate of drug-likeness (QED) is 0.628. The van der Waals surface area contributed by atoms with Crippen molar-refractivity contribution >= 4 is 23.2 Å². The predicted molar refractivity (Wildman–Crippen MR) is 102 cm³/mol. The Morgan fingerprint density at radius 3 is 2.56 bits per heavy atom. The molecular formula is C20H19ClN2O4. The summed E-state index contributed by atoms with van der Waals surface area (Å²) < 4.78 is 12.2. The summed E-state index contributed by atoms with van der Waals surface area (Å²) in [5, 5.41) is 0.615. The maximum atomic E-state index is 12.2. The summed E-state index contributed by atoms with van der Waals surface area (Å²) in [5.41, 5.74) is 3.25. The third-order valence-corrected chi connectivity index (χ3v) is 4.30. The van der Waals surface area contributed by atoms with Crippen LogP contribution >= 0.6 is 11.6 Å². The molecule has 0 unspecified atom stereocenters. The normalized spacial score (nSPS) is 10.8. The zero-order valence-corrected chi connectivity index (χ0v) is 16.0. The molecule has 0 fully saturated rings. The lowest BCUT2D eigenvalue weighted by Gasteiger charge is -2.12. The number of aromatic nitrogens is 2. The van der Waals surface area contributed by atoms with Gasteiger partial charge >= 0.3 is 5.97 Å². The fourth-order valence-electron chi connectivity index (χ4n) is 2.84. The van der Waals surface area contributed by atoms with Crippen molar-refractivity contribution in [2.75, 3.05) is 6.61 Å². The molecule has 0 saturated heterocycles. The van der Waals surface area contributed by atoms with Crippen molar-refractivity contribution in [3.8, 4) is 5.75 Å². The number of fused-ring (bicyclic) bond motifs is 1. The maximum absolute atomic E-state index is 12.2. The highest BCUT2D eigenvalue weighted by Gasteiger charge is 2.11. The Bertz CT molecular complexity index is 1050. The predicted octanol–water partition coefficient (Wildman–Crippen LogP) is 3.40. The zero-order chi connectivity index (χ0) is 19.6. The van der Waals surface area contributed by atoms with Gasteiger partial charge in [0, 0.05) is 17.3 Å². The van der Waals surface area contributed by atoms with Crippen LogP contribution in [0, 0.1) is 20.8 Å². The molecule has 7 heteroatoms. The van der Waals surface area contributed by atoms with Crippen molar-refractivity contribution in [3.05, 3.63) is 74.3 Å². The fourth-order valence-corrected chi connectivity index (χ4v) is 3.16. The van der Waals surface area contributed by atoms with E-state index in [9.17, 15) is 9.59 Å². The van der Waals surface area contributed by atoms with Gasteiger partial charge in [0.2, 0.25) is 0 Å². The van der Waals surface area contributed by atoms with Gasteiger partial charge in [-0.15, -0.1) is 0 Å². The van der Waals surface area contributed by atoms with Crippen LogP contribution in [0.4, 0.5) is 0 Å². The Labute approximate surface area is 161 Å². The fraction of sp³-hybridized carbons (Fsp3) is 0.250. The summed E-state index contributed by atoms with van der Waals surface area (Å²) in [6.45, 7) is 5.24. The third kappa shape index (κ3) is 4.28. The van der Waals surface area contributed by atoms with E-state index in [1.54, 1.807) is 24.4 Å². The number of esters is 1. The molecule has 0 aliphatic rings. The van der Waals surface area contributed by atoms with Gasteiger partial charge in [0.05, 0.1) is 5.69 Å². The first-order valence-electron chi connectivity index (χ1n) is 8.38. The van der Waals surface area contributed by atoms with E-state index in [1.807, 2.05) is 26.8 Å². The van der Waals surface area contributed by atoms with Gasteiger partial charge < -0.3 is 9.47 Å². The van der Waals surface area contributed by atoms with Crippen LogP contribution in [0.25, 0.3) is 5.65 Å². The number of hydrogen-bond acceptors (Lipinski definition) is 5. The van der Waals surface area contributed by atoms with E-state index in [0.717, 1.165) is 16.7 Å². The van der Waals surface area contributed by atoms with Gasteiger partial charge in [-0.2, -0.15) is 0 Å². The lowest BCUT2D eigenvalue weighted by molar-refractivity contribution is -0.147. The Kier molecular flexibility index (Phi) is 5.46. The monoisotopic (exact) mass is 386 g/mol. The average molecular weight is 387 g/mol. The van der Waals surface area contributed by atoms with E-state index < -0.39 is 5.97 Å². The molecule has 3 rings (SSSR count). The van der Waals surface area contributed by atoms with Gasteiger partial charge in [-0.3, -0.25) is 9.20 Å². The molecule has 0 bridgehead atoms. The molecule has 2 aromatic heterocycles. The van der Waals surface area contributed by atoms with E-state index in [2.05, 4.69) is 4.98 Å². The van der Waals surface area contributed by atoms with Gasteiger partial charge in [0.1, 0.15) is 18.0 Å². The number of carbonyl (C=O) groups excluding carboxylic acids is 1. The minimum atomic E-state index is -0.546. The van der Waals surface area contributed by atoms with Crippen LogP contribution in [0.2, 0.25) is 5.02 Å². The van der Waals surface area contributed by atoms with Crippen LogP contribution in [0.5, 0.6) is 5.75 Å². The molecule has 0 saturated carbocycles. The minimum Gasteiger partial charge on any atom is -0.481 e. The molecule has 3 aromatic rings. The summed E-state index contributed by atoms with van der Waals surface area (Å²) in [6, 6.07) is 8.54. The average Bonchev–Trinajstić information content (AvgIpc) is 2.60. The number of hydrogen-bond donors (Lipinski definition) is 0. The topological polar surface area (TPSA) is 69.9 Å². The largest absolute Gasteiger partial charge is 0.481 e. The minimum absolute atomic E-state index is 0.0964. The Balaban J connectivity index is 1.65. The van der Waals surface area contributed by atoms with E-state index in [4.69, 9.17) is 21.1 Å². The van der Waals surface area contributed by atoms with Gasteiger partial charge in [0.25, 0.3) is 5.56 Å². The van der Waals surface area contributed by atoms with Crippen LogP contribution in [-0.4, -0.2) is 22.0 Å². The second-order valence-corrected chi connectivity index (χ2v) is 6.73. The number of carbonyl (C=O) groups is 1. The van der Waals surface area contributed by atoms with Crippen molar-refractivity contribution in [1.29, 1.82) is 0 Å². The summed E-state index contributed by atoms with van der Waals surface area (Å²) in [4.78, 5) is 28.6. The van der Waals surface area contributed by atoms with E-state index in [-0.39, 0.29) is 18.8 Å². The Morgan fingerprint density at radius 1 is 1.15 bits per heavy atom. The molecule has 140 valence electrons. The summed E-state index contributed by atoms with van der Waals surface area (Å²) in [6.07, 6.45) is 1.65. The van der Waals surface area contributed by atoms with Crippen molar-refractivity contribution in [2.45, 2.75) is 27.4 Å². The first kappa shape index (κ1) is 18.9. The third-order valence-electron chi connectivity index (χ3n) is 4.08. The number of ether oxygens (including phenoxy) is 2. The summed E-state index contributed by atoms with van der Waals surface area (Å²) in [7, 11) is 0. The smallest absolute Gasteiger partial charge is 0.344 e. The van der Waals surface area contributed by atoms with Crippen molar-refractivity contribution < 1.29 is 14.3 Å². The molecule has 0 aliphatic heterocycles. The molecule has 0 N–H and O–H groups in total. The number of aryl methyl sites for hydroxylation is 3. The number of pyridine rings is 1. The second-order valence-electron chi connectivity index (χ2n) is 6.29. The molecule has 1 aromatic carbocycles. The van der Waals surface area contributed by atoms with E-state index in [1.165, 1.54) is 10.5 Å². The molecule has 27 heavy (non-hydrogen) atoms. The molecule has 0 radical (unpaired) electrons.